The zero-order valence-corrected chi connectivity index (χ0v) is 15.9. The number of carbonyl (C=O) groups excluding carboxylic acids is 1. The van der Waals surface area contributed by atoms with Crippen LogP contribution < -0.4 is 4.90 Å². The Hall–Kier alpha value is -3.39. The van der Waals surface area contributed by atoms with Crippen LogP contribution in [0.25, 0.3) is 22.6 Å². The molecule has 0 saturated carbocycles. The van der Waals surface area contributed by atoms with Gasteiger partial charge in [0, 0.05) is 34.3 Å². The van der Waals surface area contributed by atoms with Gasteiger partial charge in [0.2, 0.25) is 5.82 Å². The third-order valence-corrected chi connectivity index (χ3v) is 5.62. The molecule has 1 amide bonds. The molecule has 0 bridgehead atoms. The topological polar surface area (TPSA) is 87.7 Å². The van der Waals surface area contributed by atoms with Crippen LogP contribution in [0.15, 0.2) is 47.8 Å². The number of thiazole rings is 1. The molecule has 8 heteroatoms. The van der Waals surface area contributed by atoms with Crippen LogP contribution in [0.3, 0.4) is 0 Å². The third-order valence-electron chi connectivity index (χ3n) is 4.85. The van der Waals surface area contributed by atoms with Crippen molar-refractivity contribution in [3.05, 3.63) is 64.0 Å². The summed E-state index contributed by atoms with van der Waals surface area (Å²) in [6.45, 7) is 2.67. The van der Waals surface area contributed by atoms with E-state index in [1.54, 1.807) is 17.4 Å². The Balaban J connectivity index is 1.45. The molecule has 0 unspecified atom stereocenters. The Labute approximate surface area is 165 Å². The SMILES string of the molecule is Cc1nc(-c2ccc3c(c2)CCN3C(=O)c2cccc(-c3nn[nH]n3)c2)cs1. The molecule has 4 aromatic rings. The minimum atomic E-state index is -0.0265. The molecule has 2 aromatic heterocycles. The van der Waals surface area contributed by atoms with Gasteiger partial charge in [-0.2, -0.15) is 5.21 Å². The fourth-order valence-corrected chi connectivity index (χ4v) is 4.12. The van der Waals surface area contributed by atoms with E-state index in [-0.39, 0.29) is 5.91 Å². The minimum absolute atomic E-state index is 0.0265. The van der Waals surface area contributed by atoms with Crippen molar-refractivity contribution in [2.75, 3.05) is 11.4 Å². The monoisotopic (exact) mass is 388 g/mol. The summed E-state index contributed by atoms with van der Waals surface area (Å²) in [5, 5.41) is 17.1. The van der Waals surface area contributed by atoms with E-state index in [1.165, 1.54) is 5.56 Å². The Morgan fingerprint density at radius 3 is 2.89 bits per heavy atom. The summed E-state index contributed by atoms with van der Waals surface area (Å²) in [6.07, 6.45) is 0.836. The molecule has 28 heavy (non-hydrogen) atoms. The average Bonchev–Trinajstić information content (AvgIpc) is 3.47. The number of amides is 1. The number of hydrogen-bond acceptors (Lipinski definition) is 6. The van der Waals surface area contributed by atoms with Gasteiger partial charge in [-0.25, -0.2) is 4.98 Å². The van der Waals surface area contributed by atoms with Crippen molar-refractivity contribution in [1.29, 1.82) is 0 Å². The first kappa shape index (κ1) is 16.8. The smallest absolute Gasteiger partial charge is 0.258 e. The number of tetrazole rings is 1. The first-order valence-electron chi connectivity index (χ1n) is 8.90. The molecule has 0 atom stereocenters. The predicted molar refractivity (Wildman–Crippen MR) is 107 cm³/mol. The van der Waals surface area contributed by atoms with E-state index in [9.17, 15) is 4.79 Å². The highest BCUT2D eigenvalue weighted by atomic mass is 32.1. The largest absolute Gasteiger partial charge is 0.308 e. The maximum Gasteiger partial charge on any atom is 0.258 e. The lowest BCUT2D eigenvalue weighted by Crippen LogP contribution is -2.28. The highest BCUT2D eigenvalue weighted by Crippen LogP contribution is 2.33. The highest BCUT2D eigenvalue weighted by molar-refractivity contribution is 7.09. The number of nitrogens with zero attached hydrogens (tertiary/aromatic N) is 5. The second-order valence-electron chi connectivity index (χ2n) is 6.62. The van der Waals surface area contributed by atoms with Crippen molar-refractivity contribution in [2.45, 2.75) is 13.3 Å². The van der Waals surface area contributed by atoms with Gasteiger partial charge in [0.1, 0.15) is 0 Å². The van der Waals surface area contributed by atoms with E-state index in [0.717, 1.165) is 33.9 Å². The highest BCUT2D eigenvalue weighted by Gasteiger charge is 2.26. The van der Waals surface area contributed by atoms with Crippen LogP contribution >= 0.6 is 11.3 Å². The second kappa shape index (κ2) is 6.65. The van der Waals surface area contributed by atoms with E-state index >= 15 is 0 Å². The fraction of sp³-hybridized carbons (Fsp3) is 0.150. The van der Waals surface area contributed by atoms with Crippen LogP contribution in [-0.2, 0) is 6.42 Å². The molecule has 138 valence electrons. The molecule has 1 N–H and O–H groups in total. The lowest BCUT2D eigenvalue weighted by molar-refractivity contribution is 0.0989. The number of rotatable bonds is 3. The van der Waals surface area contributed by atoms with Crippen LogP contribution in [0.1, 0.15) is 20.9 Å². The van der Waals surface area contributed by atoms with Crippen LogP contribution in [-0.4, -0.2) is 38.1 Å². The number of aromatic nitrogens is 5. The zero-order chi connectivity index (χ0) is 19.1. The maximum atomic E-state index is 13.1. The molecular formula is C20H16N6OS. The molecular weight excluding hydrogens is 372 g/mol. The van der Waals surface area contributed by atoms with E-state index < -0.39 is 0 Å². The van der Waals surface area contributed by atoms with Crippen molar-refractivity contribution in [3.8, 4) is 22.6 Å². The van der Waals surface area contributed by atoms with E-state index in [2.05, 4.69) is 37.1 Å². The molecule has 0 radical (unpaired) electrons. The van der Waals surface area contributed by atoms with Gasteiger partial charge >= 0.3 is 0 Å². The Kier molecular flexibility index (Phi) is 3.98. The molecule has 0 saturated heterocycles. The van der Waals surface area contributed by atoms with Gasteiger partial charge in [-0.05, 0) is 48.4 Å². The Morgan fingerprint density at radius 1 is 1.18 bits per heavy atom. The van der Waals surface area contributed by atoms with Crippen LogP contribution in [0.4, 0.5) is 5.69 Å². The number of aryl methyl sites for hydroxylation is 1. The fourth-order valence-electron chi connectivity index (χ4n) is 3.50. The van der Waals surface area contributed by atoms with Crippen LogP contribution in [0, 0.1) is 6.92 Å². The number of benzene rings is 2. The predicted octanol–water partition coefficient (Wildman–Crippen LogP) is 3.50. The lowest BCUT2D eigenvalue weighted by Gasteiger charge is -2.18. The van der Waals surface area contributed by atoms with Crippen molar-refractivity contribution >= 4 is 22.9 Å². The standard InChI is InChI=1S/C20H16N6OS/c1-12-21-17(11-28-12)13-5-6-18-14(9-13)7-8-26(18)20(27)16-4-2-3-15(10-16)19-22-24-25-23-19/h2-6,9-11H,7-8H2,1H3,(H,22,23,24,25). The van der Waals surface area contributed by atoms with Gasteiger partial charge < -0.3 is 4.90 Å². The molecule has 1 aliphatic rings. The summed E-state index contributed by atoms with van der Waals surface area (Å²) >= 11 is 1.64. The van der Waals surface area contributed by atoms with Crippen molar-refractivity contribution in [3.63, 3.8) is 0 Å². The van der Waals surface area contributed by atoms with Gasteiger partial charge in [0.25, 0.3) is 5.91 Å². The summed E-state index contributed by atoms with van der Waals surface area (Å²) < 4.78 is 0. The molecule has 1 aliphatic heterocycles. The normalized spacial score (nSPS) is 13.0. The maximum absolute atomic E-state index is 13.1. The van der Waals surface area contributed by atoms with Gasteiger partial charge in [-0.1, -0.05) is 18.2 Å². The number of nitrogens with one attached hydrogen (secondary N) is 1. The van der Waals surface area contributed by atoms with Gasteiger partial charge in [-0.3, -0.25) is 4.79 Å². The zero-order valence-electron chi connectivity index (χ0n) is 15.1. The summed E-state index contributed by atoms with van der Waals surface area (Å²) in [4.78, 5) is 19.5. The number of H-pyrrole nitrogens is 1. The molecule has 7 nitrogen and oxygen atoms in total. The minimum Gasteiger partial charge on any atom is -0.308 e. The van der Waals surface area contributed by atoms with E-state index in [1.807, 2.05) is 42.2 Å². The lowest BCUT2D eigenvalue weighted by atomic mass is 10.1. The average molecular weight is 388 g/mol. The second-order valence-corrected chi connectivity index (χ2v) is 7.68. The summed E-state index contributed by atoms with van der Waals surface area (Å²) in [5.74, 6) is 0.445. The van der Waals surface area contributed by atoms with Gasteiger partial charge in [0.15, 0.2) is 0 Å². The van der Waals surface area contributed by atoms with Crippen molar-refractivity contribution < 1.29 is 4.79 Å². The molecule has 0 fully saturated rings. The summed E-state index contributed by atoms with van der Waals surface area (Å²) in [7, 11) is 0. The molecule has 2 aromatic carbocycles. The quantitative estimate of drug-likeness (QED) is 0.580. The molecule has 5 rings (SSSR count). The number of anilines is 1. The Bertz CT molecular complexity index is 1170. The van der Waals surface area contributed by atoms with Gasteiger partial charge in [-0.15, -0.1) is 21.5 Å². The molecule has 3 heterocycles. The first-order valence-corrected chi connectivity index (χ1v) is 9.78. The summed E-state index contributed by atoms with van der Waals surface area (Å²) in [6, 6.07) is 13.5. The van der Waals surface area contributed by atoms with Gasteiger partial charge in [0.05, 0.1) is 10.7 Å². The third kappa shape index (κ3) is 2.87. The summed E-state index contributed by atoms with van der Waals surface area (Å²) in [5.41, 5.74) is 5.58. The first-order chi connectivity index (χ1) is 13.7. The molecule has 0 aliphatic carbocycles. The number of fused-ring (bicyclic) bond motifs is 1. The molecule has 0 spiro atoms. The van der Waals surface area contributed by atoms with E-state index in [4.69, 9.17) is 0 Å². The number of carbonyl (C=O) groups is 1. The number of hydrogen-bond donors (Lipinski definition) is 1. The van der Waals surface area contributed by atoms with Crippen LogP contribution in [0.5, 0.6) is 0 Å². The Morgan fingerprint density at radius 2 is 2.11 bits per heavy atom. The van der Waals surface area contributed by atoms with Crippen molar-refractivity contribution in [1.82, 2.24) is 25.6 Å². The van der Waals surface area contributed by atoms with Crippen molar-refractivity contribution in [2.24, 2.45) is 0 Å². The van der Waals surface area contributed by atoms with E-state index in [0.29, 0.717) is 17.9 Å². The number of aromatic amines is 1. The van der Waals surface area contributed by atoms with Crippen LogP contribution in [0.2, 0.25) is 0 Å².